The Balaban J connectivity index is 1.90. The summed E-state index contributed by atoms with van der Waals surface area (Å²) in [6.07, 6.45) is 0.817. The summed E-state index contributed by atoms with van der Waals surface area (Å²) < 4.78 is 0. The van der Waals surface area contributed by atoms with Crippen LogP contribution in [0.15, 0.2) is 17.5 Å². The van der Waals surface area contributed by atoms with Crippen LogP contribution >= 0.6 is 22.7 Å². The third-order valence-electron chi connectivity index (χ3n) is 2.10. The number of carbonyl (C=O) groups excluding carboxylic acids is 1. The Morgan fingerprint density at radius 3 is 3.00 bits per heavy atom. The van der Waals surface area contributed by atoms with Crippen LogP contribution in [0.25, 0.3) is 0 Å². The summed E-state index contributed by atoms with van der Waals surface area (Å²) in [5.74, 6) is -0.219. The average molecular weight is 268 g/mol. The zero-order valence-electron chi connectivity index (χ0n) is 9.21. The smallest absolute Gasteiger partial charge is 0.282 e. The van der Waals surface area contributed by atoms with Crippen molar-refractivity contribution in [3.63, 3.8) is 0 Å². The topological polar surface area (TPSA) is 80.9 Å². The number of aromatic nitrogens is 2. The highest BCUT2D eigenvalue weighted by atomic mass is 32.1. The number of anilines is 1. The maximum atomic E-state index is 11.7. The normalized spacial score (nSPS) is 12.3. The molecule has 1 unspecified atom stereocenters. The first-order valence-electron chi connectivity index (χ1n) is 5.07. The monoisotopic (exact) mass is 268 g/mol. The van der Waals surface area contributed by atoms with E-state index in [1.807, 2.05) is 18.4 Å². The Morgan fingerprint density at radius 1 is 1.59 bits per heavy atom. The molecule has 0 radical (unpaired) electrons. The lowest BCUT2D eigenvalue weighted by atomic mass is 10.2. The number of thiophene rings is 1. The van der Waals surface area contributed by atoms with Crippen LogP contribution in [0.4, 0.5) is 5.13 Å². The van der Waals surface area contributed by atoms with E-state index in [1.54, 1.807) is 11.3 Å². The van der Waals surface area contributed by atoms with Crippen molar-refractivity contribution in [3.8, 4) is 0 Å². The van der Waals surface area contributed by atoms with Crippen molar-refractivity contribution in [1.29, 1.82) is 0 Å². The standard InChI is InChI=1S/C10H12N4OS2/c1-6(5-7-3-2-4-16-7)12-8(15)9-13-14-10(11)17-9/h2-4,6H,5H2,1H3,(H2,11,14)(H,12,15). The molecule has 0 aliphatic rings. The minimum atomic E-state index is -0.219. The number of carbonyl (C=O) groups is 1. The molecule has 17 heavy (non-hydrogen) atoms. The van der Waals surface area contributed by atoms with Crippen molar-refractivity contribution >= 4 is 33.7 Å². The van der Waals surface area contributed by atoms with E-state index in [0.29, 0.717) is 10.1 Å². The molecule has 5 nitrogen and oxygen atoms in total. The number of nitrogens with two attached hydrogens (primary N) is 1. The van der Waals surface area contributed by atoms with Gasteiger partial charge < -0.3 is 11.1 Å². The molecule has 0 aliphatic carbocycles. The third-order valence-corrected chi connectivity index (χ3v) is 3.75. The van der Waals surface area contributed by atoms with Crippen LogP contribution < -0.4 is 11.1 Å². The first-order valence-corrected chi connectivity index (χ1v) is 6.77. The van der Waals surface area contributed by atoms with Crippen molar-refractivity contribution in [2.24, 2.45) is 0 Å². The molecular weight excluding hydrogens is 256 g/mol. The van der Waals surface area contributed by atoms with Gasteiger partial charge in [-0.15, -0.1) is 21.5 Å². The predicted octanol–water partition coefficient (Wildman–Crippen LogP) is 1.54. The highest BCUT2D eigenvalue weighted by molar-refractivity contribution is 7.16. The molecule has 2 rings (SSSR count). The lowest BCUT2D eigenvalue weighted by Gasteiger charge is -2.11. The van der Waals surface area contributed by atoms with Crippen LogP contribution in [0.1, 0.15) is 21.6 Å². The van der Waals surface area contributed by atoms with Crippen molar-refractivity contribution in [2.75, 3.05) is 5.73 Å². The summed E-state index contributed by atoms with van der Waals surface area (Å²) in [6.45, 7) is 1.96. The minimum absolute atomic E-state index is 0.0614. The second-order valence-electron chi connectivity index (χ2n) is 3.60. The lowest BCUT2D eigenvalue weighted by Crippen LogP contribution is -2.33. The number of hydrogen-bond acceptors (Lipinski definition) is 6. The highest BCUT2D eigenvalue weighted by Gasteiger charge is 2.14. The summed E-state index contributed by atoms with van der Waals surface area (Å²) in [5.41, 5.74) is 5.42. The quantitative estimate of drug-likeness (QED) is 0.881. The van der Waals surface area contributed by atoms with Gasteiger partial charge in [-0.05, 0) is 18.4 Å². The van der Waals surface area contributed by atoms with E-state index in [2.05, 4.69) is 21.6 Å². The maximum Gasteiger partial charge on any atom is 0.282 e. The number of nitrogens with one attached hydrogen (secondary N) is 1. The Hall–Kier alpha value is -1.47. The van der Waals surface area contributed by atoms with E-state index < -0.39 is 0 Å². The van der Waals surface area contributed by atoms with Gasteiger partial charge >= 0.3 is 0 Å². The number of amides is 1. The van der Waals surface area contributed by atoms with Crippen LogP contribution in [0.3, 0.4) is 0 Å². The van der Waals surface area contributed by atoms with Crippen molar-refractivity contribution in [1.82, 2.24) is 15.5 Å². The minimum Gasteiger partial charge on any atom is -0.374 e. The molecule has 90 valence electrons. The Morgan fingerprint density at radius 2 is 2.41 bits per heavy atom. The molecule has 1 amide bonds. The average Bonchev–Trinajstić information content (AvgIpc) is 2.89. The fraction of sp³-hybridized carbons (Fsp3) is 0.300. The summed E-state index contributed by atoms with van der Waals surface area (Å²) in [5, 5.41) is 12.8. The molecule has 3 N–H and O–H groups in total. The molecule has 2 aromatic rings. The zero-order chi connectivity index (χ0) is 12.3. The lowest BCUT2D eigenvalue weighted by molar-refractivity contribution is 0.0939. The Labute approximate surface area is 107 Å². The molecule has 2 heterocycles. The molecule has 2 aromatic heterocycles. The molecule has 0 saturated heterocycles. The van der Waals surface area contributed by atoms with E-state index in [4.69, 9.17) is 5.73 Å². The maximum absolute atomic E-state index is 11.7. The van der Waals surface area contributed by atoms with Gasteiger partial charge in [0.05, 0.1) is 0 Å². The first kappa shape index (κ1) is 12.0. The van der Waals surface area contributed by atoms with Gasteiger partial charge in [-0.3, -0.25) is 4.79 Å². The fourth-order valence-electron chi connectivity index (χ4n) is 1.39. The summed E-state index contributed by atoms with van der Waals surface area (Å²) in [7, 11) is 0. The van der Waals surface area contributed by atoms with Crippen molar-refractivity contribution in [3.05, 3.63) is 27.4 Å². The highest BCUT2D eigenvalue weighted by Crippen LogP contribution is 2.13. The van der Waals surface area contributed by atoms with Gasteiger partial charge in [-0.25, -0.2) is 0 Å². The summed E-state index contributed by atoms with van der Waals surface area (Å²) in [4.78, 5) is 13.0. The van der Waals surface area contributed by atoms with Crippen LogP contribution in [0.5, 0.6) is 0 Å². The van der Waals surface area contributed by atoms with E-state index in [9.17, 15) is 4.79 Å². The largest absolute Gasteiger partial charge is 0.374 e. The Bertz CT molecular complexity index is 494. The zero-order valence-corrected chi connectivity index (χ0v) is 10.8. The molecule has 0 spiro atoms. The number of rotatable bonds is 4. The van der Waals surface area contributed by atoms with E-state index >= 15 is 0 Å². The first-order chi connectivity index (χ1) is 8.15. The van der Waals surface area contributed by atoms with Crippen molar-refractivity contribution < 1.29 is 4.79 Å². The molecule has 1 atom stereocenters. The molecule has 7 heteroatoms. The Kier molecular flexibility index (Phi) is 3.70. The van der Waals surface area contributed by atoms with Gasteiger partial charge in [0.2, 0.25) is 10.1 Å². The van der Waals surface area contributed by atoms with E-state index in [1.165, 1.54) is 4.88 Å². The predicted molar refractivity (Wildman–Crippen MR) is 69.3 cm³/mol. The van der Waals surface area contributed by atoms with Crippen LogP contribution in [0, 0.1) is 0 Å². The van der Waals surface area contributed by atoms with Gasteiger partial charge in [0.15, 0.2) is 0 Å². The molecule has 0 aliphatic heterocycles. The van der Waals surface area contributed by atoms with Gasteiger partial charge in [-0.1, -0.05) is 17.4 Å². The van der Waals surface area contributed by atoms with Gasteiger partial charge in [-0.2, -0.15) is 0 Å². The van der Waals surface area contributed by atoms with Crippen LogP contribution in [-0.2, 0) is 6.42 Å². The molecule has 0 aromatic carbocycles. The molecular formula is C10H12N4OS2. The molecule has 0 saturated carbocycles. The second kappa shape index (κ2) is 5.24. The number of nitrogens with zero attached hydrogens (tertiary/aromatic N) is 2. The summed E-state index contributed by atoms with van der Waals surface area (Å²) in [6, 6.07) is 4.11. The summed E-state index contributed by atoms with van der Waals surface area (Å²) >= 11 is 2.77. The van der Waals surface area contributed by atoms with E-state index in [-0.39, 0.29) is 11.9 Å². The SMILES string of the molecule is CC(Cc1cccs1)NC(=O)c1nnc(N)s1. The van der Waals surface area contributed by atoms with Crippen LogP contribution in [-0.4, -0.2) is 22.1 Å². The molecule has 0 bridgehead atoms. The molecule has 0 fully saturated rings. The van der Waals surface area contributed by atoms with Gasteiger partial charge in [0, 0.05) is 17.3 Å². The van der Waals surface area contributed by atoms with E-state index in [0.717, 1.165) is 17.8 Å². The van der Waals surface area contributed by atoms with Crippen LogP contribution in [0.2, 0.25) is 0 Å². The second-order valence-corrected chi connectivity index (χ2v) is 5.64. The van der Waals surface area contributed by atoms with Crippen molar-refractivity contribution in [2.45, 2.75) is 19.4 Å². The number of nitrogen functional groups attached to an aromatic ring is 1. The third kappa shape index (κ3) is 3.24. The van der Waals surface area contributed by atoms with Gasteiger partial charge in [0.1, 0.15) is 0 Å². The van der Waals surface area contributed by atoms with Gasteiger partial charge in [0.25, 0.3) is 5.91 Å². The number of hydrogen-bond donors (Lipinski definition) is 2. The fourth-order valence-corrected chi connectivity index (χ4v) is 2.74.